The van der Waals surface area contributed by atoms with Crippen molar-refractivity contribution >= 4 is 26.7 Å². The fourth-order valence-electron chi connectivity index (χ4n) is 4.65. The molecule has 1 N–H and O–H groups in total. The predicted molar refractivity (Wildman–Crippen MR) is 123 cm³/mol. The molecule has 2 atom stereocenters. The van der Waals surface area contributed by atoms with Crippen LogP contribution in [0.5, 0.6) is 5.75 Å². The molecule has 1 saturated heterocycles. The number of anilines is 1. The fourth-order valence-corrected chi connectivity index (χ4v) is 5.65. The van der Waals surface area contributed by atoms with Gasteiger partial charge in [-0.15, -0.1) is 0 Å². The Morgan fingerprint density at radius 3 is 2.73 bits per heavy atom. The number of likely N-dealkylation sites (tertiary alicyclic amines) is 1. The number of aryl methyl sites for hydroxylation is 1. The molecule has 0 bridgehead atoms. The normalized spacial score (nSPS) is 21.2. The third kappa shape index (κ3) is 4.04. The van der Waals surface area contributed by atoms with Crippen LogP contribution in [0.3, 0.4) is 0 Å². The first-order chi connectivity index (χ1) is 14.7. The molecule has 5 nitrogen and oxygen atoms in total. The SMILES string of the molecule is CN(c1nc2ccccc2s1)C1CCN(CC(O)C2CCc3ccccc3O2)CC1. The second kappa shape index (κ2) is 8.53. The van der Waals surface area contributed by atoms with Gasteiger partial charge in [-0.25, -0.2) is 4.98 Å². The topological polar surface area (TPSA) is 48.8 Å². The van der Waals surface area contributed by atoms with Crippen molar-refractivity contribution < 1.29 is 9.84 Å². The molecule has 1 fully saturated rings. The Balaban J connectivity index is 1.14. The number of fused-ring (bicyclic) bond motifs is 2. The number of thiazole rings is 1. The molecule has 0 radical (unpaired) electrons. The highest BCUT2D eigenvalue weighted by Crippen LogP contribution is 2.31. The second-order valence-electron chi connectivity index (χ2n) is 8.48. The van der Waals surface area contributed by atoms with E-state index in [2.05, 4.69) is 47.2 Å². The summed E-state index contributed by atoms with van der Waals surface area (Å²) in [6, 6.07) is 17.0. The Hall–Kier alpha value is -2.15. The molecule has 0 spiro atoms. The molecule has 0 saturated carbocycles. The van der Waals surface area contributed by atoms with Crippen molar-refractivity contribution in [3.05, 3.63) is 54.1 Å². The lowest BCUT2D eigenvalue weighted by Gasteiger charge is -2.38. The lowest BCUT2D eigenvalue weighted by atomic mass is 9.98. The van der Waals surface area contributed by atoms with Gasteiger partial charge >= 0.3 is 0 Å². The van der Waals surface area contributed by atoms with E-state index < -0.39 is 6.10 Å². The molecule has 0 aliphatic carbocycles. The summed E-state index contributed by atoms with van der Waals surface area (Å²) >= 11 is 1.77. The molecule has 30 heavy (non-hydrogen) atoms. The third-order valence-corrected chi connectivity index (χ3v) is 7.64. The van der Waals surface area contributed by atoms with Crippen LogP contribution < -0.4 is 9.64 Å². The van der Waals surface area contributed by atoms with Gasteiger partial charge in [0.25, 0.3) is 0 Å². The van der Waals surface area contributed by atoms with Crippen LogP contribution in [0.25, 0.3) is 10.2 Å². The lowest BCUT2D eigenvalue weighted by molar-refractivity contribution is -0.00211. The smallest absolute Gasteiger partial charge is 0.186 e. The number of piperidine rings is 1. The first-order valence-electron chi connectivity index (χ1n) is 10.9. The minimum absolute atomic E-state index is 0.108. The molecule has 158 valence electrons. The quantitative estimate of drug-likeness (QED) is 0.673. The van der Waals surface area contributed by atoms with Gasteiger partial charge in [0.15, 0.2) is 5.13 Å². The zero-order valence-corrected chi connectivity index (χ0v) is 18.2. The van der Waals surface area contributed by atoms with E-state index in [0.29, 0.717) is 12.6 Å². The van der Waals surface area contributed by atoms with Gasteiger partial charge in [0.05, 0.1) is 10.2 Å². The van der Waals surface area contributed by atoms with E-state index in [4.69, 9.17) is 9.72 Å². The molecular formula is C24H29N3O2S. The Morgan fingerprint density at radius 2 is 1.90 bits per heavy atom. The number of aromatic nitrogens is 1. The van der Waals surface area contributed by atoms with Crippen molar-refractivity contribution in [1.82, 2.24) is 9.88 Å². The number of β-amino-alcohol motifs (C(OH)–C–C–N with tert-alkyl or cyclic N) is 1. The van der Waals surface area contributed by atoms with Gasteiger partial charge in [-0.3, -0.25) is 0 Å². The van der Waals surface area contributed by atoms with Crippen LogP contribution in [0.15, 0.2) is 48.5 Å². The molecule has 6 heteroatoms. The maximum atomic E-state index is 10.8. The van der Waals surface area contributed by atoms with E-state index in [-0.39, 0.29) is 6.10 Å². The Bertz CT molecular complexity index is 966. The maximum absolute atomic E-state index is 10.8. The van der Waals surface area contributed by atoms with E-state index in [1.807, 2.05) is 18.2 Å². The highest BCUT2D eigenvalue weighted by Gasteiger charge is 2.30. The van der Waals surface area contributed by atoms with Crippen molar-refractivity contribution in [2.24, 2.45) is 0 Å². The average molecular weight is 424 g/mol. The highest BCUT2D eigenvalue weighted by atomic mass is 32.1. The van der Waals surface area contributed by atoms with E-state index in [0.717, 1.165) is 55.2 Å². The van der Waals surface area contributed by atoms with E-state index in [9.17, 15) is 5.11 Å². The molecule has 2 unspecified atom stereocenters. The van der Waals surface area contributed by atoms with Crippen LogP contribution in [0.4, 0.5) is 5.13 Å². The van der Waals surface area contributed by atoms with Crippen LogP contribution in [0, 0.1) is 0 Å². The molecule has 2 aliphatic rings. The lowest BCUT2D eigenvalue weighted by Crippen LogP contribution is -2.48. The van der Waals surface area contributed by atoms with Crippen molar-refractivity contribution in [3.8, 4) is 5.75 Å². The number of aliphatic hydroxyl groups excluding tert-OH is 1. The van der Waals surface area contributed by atoms with Crippen LogP contribution in [-0.2, 0) is 6.42 Å². The zero-order chi connectivity index (χ0) is 20.5. The van der Waals surface area contributed by atoms with Crippen molar-refractivity contribution in [2.45, 2.75) is 43.9 Å². The molecular weight excluding hydrogens is 394 g/mol. The van der Waals surface area contributed by atoms with Gasteiger partial charge in [0.1, 0.15) is 18.0 Å². The number of hydrogen-bond donors (Lipinski definition) is 1. The molecule has 0 amide bonds. The summed E-state index contributed by atoms with van der Waals surface area (Å²) in [4.78, 5) is 9.54. The monoisotopic (exact) mass is 423 g/mol. The van der Waals surface area contributed by atoms with Crippen molar-refractivity contribution in [2.75, 3.05) is 31.6 Å². The molecule has 2 aromatic carbocycles. The number of hydrogen-bond acceptors (Lipinski definition) is 6. The van der Waals surface area contributed by atoms with Crippen LogP contribution >= 0.6 is 11.3 Å². The molecule has 3 aromatic rings. The van der Waals surface area contributed by atoms with Crippen molar-refractivity contribution in [1.29, 1.82) is 0 Å². The Morgan fingerprint density at radius 1 is 1.13 bits per heavy atom. The third-order valence-electron chi connectivity index (χ3n) is 6.51. The summed E-state index contributed by atoms with van der Waals surface area (Å²) in [6.45, 7) is 2.69. The second-order valence-corrected chi connectivity index (χ2v) is 9.49. The molecule has 1 aromatic heterocycles. The van der Waals surface area contributed by atoms with E-state index in [1.165, 1.54) is 10.3 Å². The number of para-hydroxylation sites is 2. The largest absolute Gasteiger partial charge is 0.487 e. The number of aliphatic hydroxyl groups is 1. The molecule has 5 rings (SSSR count). The van der Waals surface area contributed by atoms with Gasteiger partial charge in [0.2, 0.25) is 0 Å². The summed E-state index contributed by atoms with van der Waals surface area (Å²) in [5.41, 5.74) is 2.33. The Labute approximate surface area is 181 Å². The minimum atomic E-state index is -0.447. The van der Waals surface area contributed by atoms with Gasteiger partial charge in [-0.1, -0.05) is 41.7 Å². The molecule has 3 heterocycles. The van der Waals surface area contributed by atoms with Crippen LogP contribution in [0.1, 0.15) is 24.8 Å². The van der Waals surface area contributed by atoms with Gasteiger partial charge < -0.3 is 19.6 Å². The Kier molecular flexibility index (Phi) is 5.63. The van der Waals surface area contributed by atoms with Crippen LogP contribution in [-0.4, -0.2) is 59.9 Å². The zero-order valence-electron chi connectivity index (χ0n) is 17.4. The van der Waals surface area contributed by atoms with Crippen LogP contribution in [0.2, 0.25) is 0 Å². The number of rotatable bonds is 5. The summed E-state index contributed by atoms with van der Waals surface area (Å²) in [7, 11) is 2.17. The molecule has 2 aliphatic heterocycles. The van der Waals surface area contributed by atoms with Crippen molar-refractivity contribution in [3.63, 3.8) is 0 Å². The first-order valence-corrected chi connectivity index (χ1v) is 11.7. The number of nitrogens with zero attached hydrogens (tertiary/aromatic N) is 3. The summed E-state index contributed by atoms with van der Waals surface area (Å²) in [5.74, 6) is 0.934. The van der Waals surface area contributed by atoms with Gasteiger partial charge in [-0.05, 0) is 49.4 Å². The summed E-state index contributed by atoms with van der Waals surface area (Å²) in [5, 5.41) is 11.9. The highest BCUT2D eigenvalue weighted by molar-refractivity contribution is 7.22. The minimum Gasteiger partial charge on any atom is -0.487 e. The van der Waals surface area contributed by atoms with Gasteiger partial charge in [0, 0.05) is 32.7 Å². The first kappa shape index (κ1) is 19.8. The maximum Gasteiger partial charge on any atom is 0.186 e. The van der Waals surface area contributed by atoms with E-state index in [1.54, 1.807) is 11.3 Å². The average Bonchev–Trinajstić information content (AvgIpc) is 3.23. The number of ether oxygens (including phenoxy) is 1. The number of benzene rings is 2. The van der Waals surface area contributed by atoms with E-state index >= 15 is 0 Å². The fraction of sp³-hybridized carbons (Fsp3) is 0.458. The predicted octanol–water partition coefficient (Wildman–Crippen LogP) is 3.95. The van der Waals surface area contributed by atoms with Gasteiger partial charge in [-0.2, -0.15) is 0 Å². The standard InChI is InChI=1S/C24H29N3O2S/c1-26(24-25-19-7-3-5-9-23(19)30-24)18-12-14-27(15-13-18)16-20(28)22-11-10-17-6-2-4-8-21(17)29-22/h2-9,18,20,22,28H,10-16H2,1H3. The summed E-state index contributed by atoms with van der Waals surface area (Å²) < 4.78 is 7.33. The summed E-state index contributed by atoms with van der Waals surface area (Å²) in [6.07, 6.45) is 3.49.